The highest BCUT2D eigenvalue weighted by molar-refractivity contribution is 9.10. The molecule has 1 amide bonds. The number of carbonyl (C=O) groups excluding carboxylic acids is 2. The molecule has 2 aromatic rings. The molecule has 0 atom stereocenters. The molecule has 0 spiro atoms. The number of Topliss-reactive ketones (excluding diaryl/α,β-unsaturated/α-hetero) is 1. The van der Waals surface area contributed by atoms with Crippen LogP contribution in [0, 0.1) is 0 Å². The molecular formula is C14H11BrN2O2S. The van der Waals surface area contributed by atoms with Gasteiger partial charge in [-0.15, -0.1) is 0 Å². The molecule has 20 heavy (non-hydrogen) atoms. The Kier molecular flexibility index (Phi) is 3.67. The fourth-order valence-electron chi connectivity index (χ4n) is 2.13. The number of nitrogens with zero attached hydrogens (tertiary/aromatic N) is 1. The number of hydrogen-bond donors (Lipinski definition) is 1. The summed E-state index contributed by atoms with van der Waals surface area (Å²) < 4.78 is 0.731. The van der Waals surface area contributed by atoms with Gasteiger partial charge in [0.1, 0.15) is 0 Å². The van der Waals surface area contributed by atoms with Crippen molar-refractivity contribution >= 4 is 44.1 Å². The second-order valence-corrected chi connectivity index (χ2v) is 6.36. The molecule has 1 heterocycles. The van der Waals surface area contributed by atoms with Gasteiger partial charge in [0.25, 0.3) is 5.91 Å². The van der Waals surface area contributed by atoms with Crippen molar-refractivity contribution in [2.75, 3.05) is 5.32 Å². The molecule has 6 heteroatoms. The van der Waals surface area contributed by atoms with E-state index in [2.05, 4.69) is 26.2 Å². The SMILES string of the molecule is O=C(Nc1nc2c(s1)C(=O)CCC2)c1ccccc1Br. The number of thiazole rings is 1. The van der Waals surface area contributed by atoms with Crippen LogP contribution in [0.15, 0.2) is 28.7 Å². The first-order chi connectivity index (χ1) is 9.65. The number of carbonyl (C=O) groups is 2. The van der Waals surface area contributed by atoms with Crippen molar-refractivity contribution in [2.24, 2.45) is 0 Å². The highest BCUT2D eigenvalue weighted by atomic mass is 79.9. The number of aryl methyl sites for hydroxylation is 1. The second-order valence-electron chi connectivity index (χ2n) is 4.51. The lowest BCUT2D eigenvalue weighted by Crippen LogP contribution is -2.12. The van der Waals surface area contributed by atoms with E-state index in [0.29, 0.717) is 22.0 Å². The van der Waals surface area contributed by atoms with E-state index in [1.807, 2.05) is 12.1 Å². The number of ketones is 1. The number of hydrogen-bond acceptors (Lipinski definition) is 4. The number of aromatic nitrogens is 1. The molecule has 3 rings (SSSR count). The van der Waals surface area contributed by atoms with Gasteiger partial charge in [-0.05, 0) is 40.9 Å². The second kappa shape index (κ2) is 5.46. The Morgan fingerprint density at radius 2 is 2.10 bits per heavy atom. The summed E-state index contributed by atoms with van der Waals surface area (Å²) >= 11 is 4.61. The number of benzene rings is 1. The molecule has 0 fully saturated rings. The minimum Gasteiger partial charge on any atom is -0.298 e. The lowest BCUT2D eigenvalue weighted by Gasteiger charge is -2.05. The summed E-state index contributed by atoms with van der Waals surface area (Å²) in [5, 5.41) is 3.25. The quantitative estimate of drug-likeness (QED) is 0.898. The Bertz CT molecular complexity index is 696. The summed E-state index contributed by atoms with van der Waals surface area (Å²) in [5.74, 6) is -0.0961. The Balaban J connectivity index is 1.84. The number of anilines is 1. The van der Waals surface area contributed by atoms with Crippen LogP contribution in [0.25, 0.3) is 0 Å². The average molecular weight is 351 g/mol. The van der Waals surface area contributed by atoms with Gasteiger partial charge in [0, 0.05) is 10.9 Å². The first-order valence-corrected chi connectivity index (χ1v) is 7.85. The number of halogens is 1. The van der Waals surface area contributed by atoms with Crippen LogP contribution in [-0.4, -0.2) is 16.7 Å². The van der Waals surface area contributed by atoms with Crippen LogP contribution in [0.3, 0.4) is 0 Å². The molecule has 0 unspecified atom stereocenters. The van der Waals surface area contributed by atoms with Crippen molar-refractivity contribution in [3.63, 3.8) is 0 Å². The van der Waals surface area contributed by atoms with Crippen LogP contribution in [0.4, 0.5) is 5.13 Å². The predicted molar refractivity (Wildman–Crippen MR) is 81.5 cm³/mol. The molecule has 1 aliphatic carbocycles. The minimum absolute atomic E-state index is 0.130. The van der Waals surface area contributed by atoms with E-state index in [1.54, 1.807) is 12.1 Å². The predicted octanol–water partition coefficient (Wildman–Crippen LogP) is 3.68. The van der Waals surface area contributed by atoms with Gasteiger partial charge < -0.3 is 0 Å². The van der Waals surface area contributed by atoms with Crippen LogP contribution in [0.1, 0.15) is 38.6 Å². The number of rotatable bonds is 2. The summed E-state index contributed by atoms with van der Waals surface area (Å²) in [5.41, 5.74) is 1.36. The monoisotopic (exact) mass is 350 g/mol. The van der Waals surface area contributed by atoms with Crippen molar-refractivity contribution in [1.29, 1.82) is 0 Å². The highest BCUT2D eigenvalue weighted by Gasteiger charge is 2.23. The molecule has 4 nitrogen and oxygen atoms in total. The normalized spacial score (nSPS) is 13.9. The number of nitrogens with one attached hydrogen (secondary N) is 1. The Morgan fingerprint density at radius 1 is 1.30 bits per heavy atom. The van der Waals surface area contributed by atoms with Crippen molar-refractivity contribution in [3.8, 4) is 0 Å². The summed E-state index contributed by atoms with van der Waals surface area (Å²) in [4.78, 5) is 29.0. The Hall–Kier alpha value is -1.53. The first-order valence-electron chi connectivity index (χ1n) is 6.24. The van der Waals surface area contributed by atoms with E-state index < -0.39 is 0 Å². The molecule has 0 saturated carbocycles. The van der Waals surface area contributed by atoms with Gasteiger partial charge in [0.2, 0.25) is 0 Å². The third-order valence-corrected chi connectivity index (χ3v) is 4.85. The minimum atomic E-state index is -0.226. The van der Waals surface area contributed by atoms with Crippen LogP contribution in [-0.2, 0) is 6.42 Å². The maximum Gasteiger partial charge on any atom is 0.258 e. The Morgan fingerprint density at radius 3 is 2.85 bits per heavy atom. The maximum atomic E-state index is 12.2. The third kappa shape index (κ3) is 2.53. The lowest BCUT2D eigenvalue weighted by molar-refractivity contribution is 0.0975. The van der Waals surface area contributed by atoms with Crippen LogP contribution in [0.2, 0.25) is 0 Å². The molecule has 1 aliphatic rings. The van der Waals surface area contributed by atoms with Crippen molar-refractivity contribution < 1.29 is 9.59 Å². The van der Waals surface area contributed by atoms with E-state index in [1.165, 1.54) is 11.3 Å². The van der Waals surface area contributed by atoms with Crippen molar-refractivity contribution in [2.45, 2.75) is 19.3 Å². The number of fused-ring (bicyclic) bond motifs is 1. The molecular weight excluding hydrogens is 340 g/mol. The molecule has 0 saturated heterocycles. The van der Waals surface area contributed by atoms with Gasteiger partial charge in [0.15, 0.2) is 10.9 Å². The lowest BCUT2D eigenvalue weighted by atomic mass is 10.0. The fourth-order valence-corrected chi connectivity index (χ4v) is 3.57. The van der Waals surface area contributed by atoms with Gasteiger partial charge >= 0.3 is 0 Å². The average Bonchev–Trinajstić information content (AvgIpc) is 2.83. The molecule has 0 bridgehead atoms. The van der Waals surface area contributed by atoms with E-state index in [4.69, 9.17) is 0 Å². The van der Waals surface area contributed by atoms with Crippen LogP contribution in [0.5, 0.6) is 0 Å². The number of amides is 1. The van der Waals surface area contributed by atoms with Gasteiger partial charge in [-0.25, -0.2) is 4.98 Å². The summed E-state index contributed by atoms with van der Waals surface area (Å²) in [6.45, 7) is 0. The zero-order chi connectivity index (χ0) is 14.1. The van der Waals surface area contributed by atoms with E-state index in [-0.39, 0.29) is 11.7 Å². The van der Waals surface area contributed by atoms with E-state index >= 15 is 0 Å². The molecule has 1 aromatic carbocycles. The molecule has 0 radical (unpaired) electrons. The molecule has 1 N–H and O–H groups in total. The van der Waals surface area contributed by atoms with Crippen LogP contribution >= 0.6 is 27.3 Å². The van der Waals surface area contributed by atoms with Crippen molar-refractivity contribution in [3.05, 3.63) is 44.9 Å². The van der Waals surface area contributed by atoms with Gasteiger partial charge in [-0.3, -0.25) is 14.9 Å². The smallest absolute Gasteiger partial charge is 0.258 e. The summed E-state index contributed by atoms with van der Waals surface area (Å²) in [6, 6.07) is 7.20. The molecule has 0 aliphatic heterocycles. The maximum absolute atomic E-state index is 12.2. The molecule has 102 valence electrons. The largest absolute Gasteiger partial charge is 0.298 e. The topological polar surface area (TPSA) is 59.1 Å². The first kappa shape index (κ1) is 13.5. The van der Waals surface area contributed by atoms with Gasteiger partial charge in [-0.1, -0.05) is 23.5 Å². The summed E-state index contributed by atoms with van der Waals surface area (Å²) in [7, 11) is 0. The standard InChI is InChI=1S/C14H11BrN2O2S/c15-9-5-2-1-4-8(9)13(19)17-14-16-10-6-3-7-11(18)12(10)20-14/h1-2,4-5H,3,6-7H2,(H,16,17,19). The Labute approximate surface area is 128 Å². The highest BCUT2D eigenvalue weighted by Crippen LogP contribution is 2.30. The van der Waals surface area contributed by atoms with Crippen molar-refractivity contribution in [1.82, 2.24) is 4.98 Å². The van der Waals surface area contributed by atoms with Gasteiger partial charge in [-0.2, -0.15) is 0 Å². The summed E-state index contributed by atoms with van der Waals surface area (Å²) in [6.07, 6.45) is 2.22. The zero-order valence-corrected chi connectivity index (χ0v) is 12.9. The fraction of sp³-hybridized carbons (Fsp3) is 0.214. The zero-order valence-electron chi connectivity index (χ0n) is 10.5. The van der Waals surface area contributed by atoms with E-state index in [0.717, 1.165) is 23.0 Å². The van der Waals surface area contributed by atoms with Gasteiger partial charge in [0.05, 0.1) is 16.1 Å². The third-order valence-electron chi connectivity index (χ3n) is 3.11. The molecule has 1 aromatic heterocycles. The van der Waals surface area contributed by atoms with E-state index in [9.17, 15) is 9.59 Å². The van der Waals surface area contributed by atoms with Crippen LogP contribution < -0.4 is 5.32 Å².